The highest BCUT2D eigenvalue weighted by Gasteiger charge is 2.26. The van der Waals surface area contributed by atoms with Gasteiger partial charge in [-0.3, -0.25) is 4.90 Å². The lowest BCUT2D eigenvalue weighted by molar-refractivity contribution is 0.128. The maximum atomic E-state index is 5.91. The molecule has 0 aliphatic heterocycles. The van der Waals surface area contributed by atoms with Gasteiger partial charge in [0.05, 0.1) is 6.54 Å². The molecular formula is C17H22ClN3O. The van der Waals surface area contributed by atoms with Gasteiger partial charge in [0.1, 0.15) is 0 Å². The van der Waals surface area contributed by atoms with E-state index in [9.17, 15) is 0 Å². The average Bonchev–Trinajstić information content (AvgIpc) is 3.17. The second-order valence-electron chi connectivity index (χ2n) is 6.22. The van der Waals surface area contributed by atoms with Gasteiger partial charge >= 0.3 is 0 Å². The van der Waals surface area contributed by atoms with Crippen molar-refractivity contribution in [3.05, 3.63) is 35.2 Å². The fourth-order valence-corrected chi connectivity index (χ4v) is 3.29. The van der Waals surface area contributed by atoms with Gasteiger partial charge in [0.2, 0.25) is 11.7 Å². The summed E-state index contributed by atoms with van der Waals surface area (Å²) < 4.78 is 5.45. The van der Waals surface area contributed by atoms with Crippen LogP contribution in [0.15, 0.2) is 28.8 Å². The molecular weight excluding hydrogens is 298 g/mol. The molecule has 0 spiro atoms. The van der Waals surface area contributed by atoms with E-state index in [0.717, 1.165) is 12.1 Å². The van der Waals surface area contributed by atoms with E-state index in [1.165, 1.54) is 25.7 Å². The molecule has 22 heavy (non-hydrogen) atoms. The summed E-state index contributed by atoms with van der Waals surface area (Å²) in [5, 5.41) is 4.81. The van der Waals surface area contributed by atoms with Crippen LogP contribution in [0.25, 0.3) is 11.4 Å². The summed E-state index contributed by atoms with van der Waals surface area (Å²) in [6.45, 7) is 5.19. The predicted molar refractivity (Wildman–Crippen MR) is 87.7 cm³/mol. The highest BCUT2D eigenvalue weighted by molar-refractivity contribution is 6.30. The highest BCUT2D eigenvalue weighted by Crippen LogP contribution is 2.27. The van der Waals surface area contributed by atoms with E-state index in [1.807, 2.05) is 24.3 Å². The molecule has 2 aromatic rings. The molecule has 1 aliphatic rings. The smallest absolute Gasteiger partial charge is 0.241 e. The molecule has 4 nitrogen and oxygen atoms in total. The average molecular weight is 320 g/mol. The second kappa shape index (κ2) is 6.80. The van der Waals surface area contributed by atoms with Gasteiger partial charge in [0, 0.05) is 22.7 Å². The van der Waals surface area contributed by atoms with Crippen LogP contribution in [-0.2, 0) is 6.54 Å². The molecule has 1 aliphatic carbocycles. The summed E-state index contributed by atoms with van der Waals surface area (Å²) in [5.74, 6) is 1.31. The van der Waals surface area contributed by atoms with Gasteiger partial charge in [-0.2, -0.15) is 4.98 Å². The first-order valence-electron chi connectivity index (χ1n) is 7.98. The summed E-state index contributed by atoms with van der Waals surface area (Å²) in [7, 11) is 0. The van der Waals surface area contributed by atoms with E-state index < -0.39 is 0 Å². The van der Waals surface area contributed by atoms with E-state index in [0.29, 0.717) is 28.8 Å². The van der Waals surface area contributed by atoms with Gasteiger partial charge in [-0.25, -0.2) is 0 Å². The Morgan fingerprint density at radius 1 is 1.23 bits per heavy atom. The summed E-state index contributed by atoms with van der Waals surface area (Å²) in [4.78, 5) is 7.02. The summed E-state index contributed by atoms with van der Waals surface area (Å²) >= 11 is 5.91. The van der Waals surface area contributed by atoms with Gasteiger partial charge in [0.25, 0.3) is 0 Å². The van der Waals surface area contributed by atoms with Crippen LogP contribution in [0.5, 0.6) is 0 Å². The van der Waals surface area contributed by atoms with Crippen molar-refractivity contribution in [2.75, 3.05) is 0 Å². The molecule has 1 fully saturated rings. The van der Waals surface area contributed by atoms with Crippen molar-refractivity contribution in [1.82, 2.24) is 15.0 Å². The Morgan fingerprint density at radius 2 is 1.91 bits per heavy atom. The van der Waals surface area contributed by atoms with Crippen molar-refractivity contribution < 1.29 is 4.52 Å². The van der Waals surface area contributed by atoms with Crippen molar-refractivity contribution in [2.24, 2.45) is 0 Å². The SMILES string of the molecule is CC(C)N(Cc1nc(-c2ccc(Cl)cc2)no1)C1CCCC1. The van der Waals surface area contributed by atoms with Crippen LogP contribution >= 0.6 is 11.6 Å². The zero-order valence-corrected chi connectivity index (χ0v) is 13.9. The maximum absolute atomic E-state index is 5.91. The molecule has 3 rings (SSSR count). The van der Waals surface area contributed by atoms with E-state index in [-0.39, 0.29) is 0 Å². The topological polar surface area (TPSA) is 42.2 Å². The largest absolute Gasteiger partial charge is 0.338 e. The molecule has 0 N–H and O–H groups in total. The number of nitrogens with zero attached hydrogens (tertiary/aromatic N) is 3. The first kappa shape index (κ1) is 15.5. The fourth-order valence-electron chi connectivity index (χ4n) is 3.16. The molecule has 1 heterocycles. The Balaban J connectivity index is 1.73. The van der Waals surface area contributed by atoms with Crippen LogP contribution < -0.4 is 0 Å². The third kappa shape index (κ3) is 3.50. The number of benzene rings is 1. The Morgan fingerprint density at radius 3 is 2.55 bits per heavy atom. The molecule has 0 bridgehead atoms. The number of hydrogen-bond donors (Lipinski definition) is 0. The minimum atomic E-state index is 0.481. The molecule has 0 radical (unpaired) electrons. The normalized spacial score (nSPS) is 16.0. The first-order chi connectivity index (χ1) is 10.6. The number of halogens is 1. The number of aromatic nitrogens is 2. The lowest BCUT2D eigenvalue weighted by Gasteiger charge is -2.31. The van der Waals surface area contributed by atoms with Crippen molar-refractivity contribution in [2.45, 2.75) is 58.2 Å². The highest BCUT2D eigenvalue weighted by atomic mass is 35.5. The van der Waals surface area contributed by atoms with Gasteiger partial charge in [0.15, 0.2) is 0 Å². The van der Waals surface area contributed by atoms with Crippen molar-refractivity contribution in [3.8, 4) is 11.4 Å². The van der Waals surface area contributed by atoms with Crippen molar-refractivity contribution in [1.29, 1.82) is 0 Å². The van der Waals surface area contributed by atoms with Gasteiger partial charge < -0.3 is 4.52 Å². The lowest BCUT2D eigenvalue weighted by atomic mass is 10.1. The van der Waals surface area contributed by atoms with Crippen LogP contribution in [0, 0.1) is 0 Å². The summed E-state index contributed by atoms with van der Waals surface area (Å²) in [5.41, 5.74) is 0.927. The molecule has 1 saturated carbocycles. The molecule has 0 unspecified atom stereocenters. The third-order valence-corrected chi connectivity index (χ3v) is 4.60. The van der Waals surface area contributed by atoms with Crippen LogP contribution in [0.2, 0.25) is 5.02 Å². The standard InChI is InChI=1S/C17H22ClN3O/c1-12(2)21(15-5-3-4-6-15)11-16-19-17(20-22-16)13-7-9-14(18)10-8-13/h7-10,12,15H,3-6,11H2,1-2H3. The predicted octanol–water partition coefficient (Wildman–Crippen LogP) is 4.54. The molecule has 0 amide bonds. The Hall–Kier alpha value is -1.39. The van der Waals surface area contributed by atoms with Gasteiger partial charge in [-0.1, -0.05) is 29.6 Å². The third-order valence-electron chi connectivity index (χ3n) is 4.35. The molecule has 118 valence electrons. The zero-order valence-electron chi connectivity index (χ0n) is 13.1. The minimum absolute atomic E-state index is 0.481. The molecule has 1 aromatic heterocycles. The van der Waals surface area contributed by atoms with Crippen molar-refractivity contribution >= 4 is 11.6 Å². The van der Waals surface area contributed by atoms with Crippen LogP contribution in [0.3, 0.4) is 0 Å². The quantitative estimate of drug-likeness (QED) is 0.811. The van der Waals surface area contributed by atoms with Crippen LogP contribution in [0.1, 0.15) is 45.4 Å². The van der Waals surface area contributed by atoms with Gasteiger partial charge in [-0.05, 0) is 51.0 Å². The summed E-state index contributed by atoms with van der Waals surface area (Å²) in [6, 6.07) is 8.62. The Bertz CT molecular complexity index is 603. The molecule has 5 heteroatoms. The zero-order chi connectivity index (χ0) is 15.5. The number of hydrogen-bond acceptors (Lipinski definition) is 4. The van der Waals surface area contributed by atoms with Gasteiger partial charge in [-0.15, -0.1) is 0 Å². The summed E-state index contributed by atoms with van der Waals surface area (Å²) in [6.07, 6.45) is 5.20. The van der Waals surface area contributed by atoms with Crippen molar-refractivity contribution in [3.63, 3.8) is 0 Å². The Labute approximate surface area is 136 Å². The van der Waals surface area contributed by atoms with E-state index in [2.05, 4.69) is 28.9 Å². The van der Waals surface area contributed by atoms with E-state index in [4.69, 9.17) is 16.1 Å². The molecule has 0 atom stereocenters. The Kier molecular flexibility index (Phi) is 4.79. The first-order valence-corrected chi connectivity index (χ1v) is 8.35. The van der Waals surface area contributed by atoms with E-state index >= 15 is 0 Å². The van der Waals surface area contributed by atoms with E-state index in [1.54, 1.807) is 0 Å². The fraction of sp³-hybridized carbons (Fsp3) is 0.529. The maximum Gasteiger partial charge on any atom is 0.241 e. The second-order valence-corrected chi connectivity index (χ2v) is 6.66. The molecule has 1 aromatic carbocycles. The lowest BCUT2D eigenvalue weighted by Crippen LogP contribution is -2.38. The van der Waals surface area contributed by atoms with Crippen LogP contribution in [0.4, 0.5) is 0 Å². The van der Waals surface area contributed by atoms with Crippen LogP contribution in [-0.4, -0.2) is 27.1 Å². The minimum Gasteiger partial charge on any atom is -0.338 e. The monoisotopic (exact) mass is 319 g/mol. The number of rotatable bonds is 5. The molecule has 0 saturated heterocycles.